The Morgan fingerprint density at radius 2 is 2.06 bits per heavy atom. The zero-order valence-electron chi connectivity index (χ0n) is 8.59. The second-order valence-corrected chi connectivity index (χ2v) is 6.11. The molecule has 0 aromatic heterocycles. The topological polar surface area (TPSA) is 71.4 Å². The number of benzene rings is 1. The normalized spacial score (nSPS) is 21.6. The fraction of sp³-hybridized carbons (Fsp3) is 0.364. The quantitative estimate of drug-likeness (QED) is 0.863. The van der Waals surface area contributed by atoms with Gasteiger partial charge in [-0.05, 0) is 24.5 Å². The van der Waals surface area contributed by atoms with Crippen LogP contribution in [0, 0.1) is 0 Å². The van der Waals surface area contributed by atoms with E-state index in [0.717, 1.165) is 5.56 Å². The van der Waals surface area contributed by atoms with Gasteiger partial charge in [0.25, 0.3) is 0 Å². The molecule has 4 nitrogen and oxygen atoms in total. The molecule has 1 aromatic rings. The van der Waals surface area contributed by atoms with Gasteiger partial charge in [0.2, 0.25) is 0 Å². The van der Waals surface area contributed by atoms with E-state index in [4.69, 9.17) is 5.11 Å². The molecule has 0 saturated carbocycles. The molecule has 1 aromatic carbocycles. The van der Waals surface area contributed by atoms with Crippen LogP contribution in [-0.4, -0.2) is 24.7 Å². The molecule has 1 heterocycles. The third kappa shape index (κ3) is 1.82. The summed E-state index contributed by atoms with van der Waals surface area (Å²) in [5, 5.41) is 8.00. The van der Waals surface area contributed by atoms with Crippen molar-refractivity contribution < 1.29 is 18.3 Å². The number of fused-ring (bicyclic) bond motifs is 1. The third-order valence-electron chi connectivity index (χ3n) is 2.85. The lowest BCUT2D eigenvalue weighted by atomic mass is 10.1. The van der Waals surface area contributed by atoms with E-state index in [1.165, 1.54) is 0 Å². The minimum Gasteiger partial charge on any atom is -0.481 e. The van der Waals surface area contributed by atoms with Crippen LogP contribution in [0.5, 0.6) is 0 Å². The smallest absolute Gasteiger partial charge is 0.303 e. The molecule has 0 saturated heterocycles. The van der Waals surface area contributed by atoms with Gasteiger partial charge in [-0.1, -0.05) is 18.2 Å². The van der Waals surface area contributed by atoms with Gasteiger partial charge in [0, 0.05) is 6.42 Å². The summed E-state index contributed by atoms with van der Waals surface area (Å²) in [6.07, 6.45) is 0.524. The summed E-state index contributed by atoms with van der Waals surface area (Å²) in [5.41, 5.74) is 0.804. The first-order valence-corrected chi connectivity index (χ1v) is 6.60. The van der Waals surface area contributed by atoms with Crippen molar-refractivity contribution in [3.8, 4) is 0 Å². The minimum absolute atomic E-state index is 0.0993. The van der Waals surface area contributed by atoms with Crippen LogP contribution < -0.4 is 0 Å². The third-order valence-corrected chi connectivity index (χ3v) is 5.14. The number of carboxylic acids is 1. The van der Waals surface area contributed by atoms with Crippen LogP contribution in [-0.2, 0) is 21.1 Å². The second-order valence-electron chi connectivity index (χ2n) is 3.91. The van der Waals surface area contributed by atoms with E-state index < -0.39 is 21.1 Å². The number of carboxylic acid groups (broad SMARTS) is 1. The number of sulfone groups is 1. The molecule has 0 radical (unpaired) electrons. The number of carbonyl (C=O) groups is 1. The van der Waals surface area contributed by atoms with Crippen LogP contribution in [0.25, 0.3) is 0 Å². The molecule has 86 valence electrons. The predicted molar refractivity (Wildman–Crippen MR) is 58.0 cm³/mol. The van der Waals surface area contributed by atoms with Gasteiger partial charge in [-0.2, -0.15) is 0 Å². The maximum atomic E-state index is 12.0. The molecular weight excluding hydrogens is 228 g/mol. The molecule has 1 atom stereocenters. The number of hydrogen-bond donors (Lipinski definition) is 1. The molecule has 16 heavy (non-hydrogen) atoms. The Labute approximate surface area is 93.8 Å². The highest BCUT2D eigenvalue weighted by Crippen LogP contribution is 2.32. The van der Waals surface area contributed by atoms with Crippen molar-refractivity contribution in [2.24, 2.45) is 0 Å². The summed E-state index contributed by atoms with van der Waals surface area (Å²) in [4.78, 5) is 10.8. The molecule has 0 spiro atoms. The zero-order chi connectivity index (χ0) is 11.8. The summed E-state index contributed by atoms with van der Waals surface area (Å²) in [6, 6.07) is 6.86. The lowest BCUT2D eigenvalue weighted by Crippen LogP contribution is -2.18. The molecule has 0 fully saturated rings. The molecular formula is C11H12O4S. The SMILES string of the molecule is O=C(O)CCC1Cc2ccccc2S1(=O)=O. The van der Waals surface area contributed by atoms with Crippen LogP contribution in [0.15, 0.2) is 29.2 Å². The lowest BCUT2D eigenvalue weighted by molar-refractivity contribution is -0.137. The van der Waals surface area contributed by atoms with Crippen LogP contribution in [0.2, 0.25) is 0 Å². The Balaban J connectivity index is 2.26. The molecule has 0 amide bonds. The highest BCUT2D eigenvalue weighted by Gasteiger charge is 2.36. The maximum Gasteiger partial charge on any atom is 0.303 e. The van der Waals surface area contributed by atoms with Gasteiger partial charge in [-0.15, -0.1) is 0 Å². The number of hydrogen-bond acceptors (Lipinski definition) is 3. The van der Waals surface area contributed by atoms with E-state index >= 15 is 0 Å². The van der Waals surface area contributed by atoms with Gasteiger partial charge in [0.05, 0.1) is 10.1 Å². The Kier molecular flexibility index (Phi) is 2.71. The van der Waals surface area contributed by atoms with Gasteiger partial charge >= 0.3 is 5.97 Å². The summed E-state index contributed by atoms with van der Waals surface area (Å²) < 4.78 is 24.0. The Morgan fingerprint density at radius 3 is 2.69 bits per heavy atom. The second kappa shape index (κ2) is 3.90. The van der Waals surface area contributed by atoms with E-state index in [-0.39, 0.29) is 12.8 Å². The van der Waals surface area contributed by atoms with Crippen molar-refractivity contribution in [1.82, 2.24) is 0 Å². The first kappa shape index (κ1) is 11.1. The Hall–Kier alpha value is -1.36. The molecule has 0 bridgehead atoms. The van der Waals surface area contributed by atoms with Gasteiger partial charge in [0.1, 0.15) is 0 Å². The Morgan fingerprint density at radius 1 is 1.38 bits per heavy atom. The first-order chi connectivity index (χ1) is 7.51. The monoisotopic (exact) mass is 240 g/mol. The van der Waals surface area contributed by atoms with E-state index in [0.29, 0.717) is 11.3 Å². The van der Waals surface area contributed by atoms with Gasteiger partial charge in [-0.3, -0.25) is 4.79 Å². The molecule has 1 N–H and O–H groups in total. The van der Waals surface area contributed by atoms with Crippen LogP contribution in [0.1, 0.15) is 18.4 Å². The molecule has 1 unspecified atom stereocenters. The van der Waals surface area contributed by atoms with Crippen molar-refractivity contribution in [2.45, 2.75) is 29.4 Å². The highest BCUT2D eigenvalue weighted by molar-refractivity contribution is 7.92. The lowest BCUT2D eigenvalue weighted by Gasteiger charge is -2.06. The molecule has 5 heteroatoms. The highest BCUT2D eigenvalue weighted by atomic mass is 32.2. The summed E-state index contributed by atoms with van der Waals surface area (Å²) in [5.74, 6) is -0.953. The number of rotatable bonds is 3. The van der Waals surface area contributed by atoms with Crippen molar-refractivity contribution in [3.05, 3.63) is 29.8 Å². The molecule has 0 aliphatic carbocycles. The number of aliphatic carboxylic acids is 1. The van der Waals surface area contributed by atoms with Gasteiger partial charge in [0.15, 0.2) is 9.84 Å². The fourth-order valence-electron chi connectivity index (χ4n) is 2.03. The van der Waals surface area contributed by atoms with E-state index in [1.54, 1.807) is 24.3 Å². The van der Waals surface area contributed by atoms with Crippen LogP contribution >= 0.6 is 0 Å². The van der Waals surface area contributed by atoms with Gasteiger partial charge < -0.3 is 5.11 Å². The van der Waals surface area contributed by atoms with Crippen molar-refractivity contribution >= 4 is 15.8 Å². The Bertz CT molecular complexity index is 519. The standard InChI is InChI=1S/C11H12O4S/c12-11(13)6-5-9-7-8-3-1-2-4-10(8)16(9,14)15/h1-4,9H,5-7H2,(H,12,13). The summed E-state index contributed by atoms with van der Waals surface area (Å²) in [6.45, 7) is 0. The van der Waals surface area contributed by atoms with Crippen molar-refractivity contribution in [1.29, 1.82) is 0 Å². The van der Waals surface area contributed by atoms with Crippen molar-refractivity contribution in [3.63, 3.8) is 0 Å². The average molecular weight is 240 g/mol. The predicted octanol–water partition coefficient (Wildman–Crippen LogP) is 1.25. The van der Waals surface area contributed by atoms with E-state index in [1.807, 2.05) is 0 Å². The van der Waals surface area contributed by atoms with Crippen molar-refractivity contribution in [2.75, 3.05) is 0 Å². The minimum atomic E-state index is -3.31. The zero-order valence-corrected chi connectivity index (χ0v) is 9.40. The summed E-state index contributed by atoms with van der Waals surface area (Å²) in [7, 11) is -3.31. The van der Waals surface area contributed by atoms with E-state index in [2.05, 4.69) is 0 Å². The fourth-order valence-corrected chi connectivity index (χ4v) is 4.00. The first-order valence-electron chi connectivity index (χ1n) is 5.05. The van der Waals surface area contributed by atoms with Crippen LogP contribution in [0.3, 0.4) is 0 Å². The summed E-state index contributed by atoms with van der Waals surface area (Å²) >= 11 is 0. The molecule has 1 aliphatic rings. The average Bonchev–Trinajstić information content (AvgIpc) is 2.48. The largest absolute Gasteiger partial charge is 0.481 e. The van der Waals surface area contributed by atoms with Crippen LogP contribution in [0.4, 0.5) is 0 Å². The molecule has 1 aliphatic heterocycles. The molecule has 2 rings (SSSR count). The maximum absolute atomic E-state index is 12.0. The van der Waals surface area contributed by atoms with E-state index in [9.17, 15) is 13.2 Å². The van der Waals surface area contributed by atoms with Gasteiger partial charge in [-0.25, -0.2) is 8.42 Å².